The van der Waals surface area contributed by atoms with Crippen molar-refractivity contribution in [3.05, 3.63) is 64.1 Å². The van der Waals surface area contributed by atoms with Crippen LogP contribution in [0.25, 0.3) is 11.0 Å². The molecule has 184 valence electrons. The summed E-state index contributed by atoms with van der Waals surface area (Å²) in [5, 5.41) is 12.1. The van der Waals surface area contributed by atoms with Gasteiger partial charge in [0.2, 0.25) is 0 Å². The van der Waals surface area contributed by atoms with Crippen molar-refractivity contribution in [2.75, 3.05) is 23.8 Å². The first-order valence-electron chi connectivity index (χ1n) is 12.2. The van der Waals surface area contributed by atoms with E-state index in [1.165, 1.54) is 44.2 Å². The third-order valence-electron chi connectivity index (χ3n) is 6.84. The maximum absolute atomic E-state index is 12.7. The van der Waals surface area contributed by atoms with Crippen LogP contribution in [0.15, 0.2) is 41.2 Å². The molecule has 0 atom stereocenters. The van der Waals surface area contributed by atoms with Gasteiger partial charge in [-0.3, -0.25) is 4.79 Å². The minimum atomic E-state index is -0.529. The van der Waals surface area contributed by atoms with E-state index >= 15 is 0 Å². The van der Waals surface area contributed by atoms with Gasteiger partial charge in [-0.1, -0.05) is 19.3 Å². The lowest BCUT2D eigenvalue weighted by molar-refractivity contribution is 0.428. The number of nitriles is 1. The molecule has 0 aliphatic heterocycles. The van der Waals surface area contributed by atoms with E-state index in [9.17, 15) is 13.6 Å². The maximum atomic E-state index is 12.7. The van der Waals surface area contributed by atoms with E-state index in [2.05, 4.69) is 21.3 Å². The Bertz CT molecular complexity index is 1270. The van der Waals surface area contributed by atoms with Crippen molar-refractivity contribution in [2.45, 2.75) is 51.0 Å². The van der Waals surface area contributed by atoms with Crippen LogP contribution in [0.3, 0.4) is 0 Å². The van der Waals surface area contributed by atoms with Crippen LogP contribution in [0, 0.1) is 28.9 Å². The highest BCUT2D eigenvalue weighted by Gasteiger charge is 2.22. The van der Waals surface area contributed by atoms with E-state index in [0.29, 0.717) is 23.3 Å². The van der Waals surface area contributed by atoms with Crippen LogP contribution in [-0.4, -0.2) is 29.2 Å². The van der Waals surface area contributed by atoms with Crippen molar-refractivity contribution >= 4 is 22.4 Å². The van der Waals surface area contributed by atoms with Crippen molar-refractivity contribution in [2.24, 2.45) is 13.0 Å². The second-order valence-corrected chi connectivity index (χ2v) is 9.49. The molecule has 0 amide bonds. The number of nitrogens with one attached hydrogen (secondary N) is 1. The number of halogens is 2. The van der Waals surface area contributed by atoms with Gasteiger partial charge in [-0.05, 0) is 55.9 Å². The molecule has 0 spiro atoms. The molecular formula is C27H31F2N5O. The number of aromatic nitrogens is 2. The quantitative estimate of drug-likeness (QED) is 0.533. The van der Waals surface area contributed by atoms with Gasteiger partial charge in [0.1, 0.15) is 28.9 Å². The molecule has 2 aromatic heterocycles. The average molecular weight is 480 g/mol. The summed E-state index contributed by atoms with van der Waals surface area (Å²) < 4.78 is 27.0. The molecule has 0 radical (unpaired) electrons. The van der Waals surface area contributed by atoms with Crippen molar-refractivity contribution in [3.8, 4) is 6.07 Å². The summed E-state index contributed by atoms with van der Waals surface area (Å²) in [4.78, 5) is 18.9. The normalized spacial score (nSPS) is 15.7. The van der Waals surface area contributed by atoms with E-state index in [1.54, 1.807) is 29.8 Å². The minimum absolute atomic E-state index is 0.0448. The molecule has 2 fully saturated rings. The van der Waals surface area contributed by atoms with E-state index in [1.807, 2.05) is 7.05 Å². The molecule has 6 nitrogen and oxygen atoms in total. The summed E-state index contributed by atoms with van der Waals surface area (Å²) in [6.07, 6.45) is 8.49. The molecule has 2 aliphatic carbocycles. The molecule has 35 heavy (non-hydrogen) atoms. The number of aryl methyl sites for hydroxylation is 1. The molecule has 0 unspecified atom stereocenters. The summed E-state index contributed by atoms with van der Waals surface area (Å²) in [7, 11) is 3.77. The van der Waals surface area contributed by atoms with Crippen LogP contribution in [0.4, 0.5) is 20.2 Å². The SMILES string of the molecule is CN(c1cc(=O)n(C)c2ccc(C#N)nc12)C1CCCCC1.Fc1cc(F)cc(NCC2CC2)c1. The van der Waals surface area contributed by atoms with Gasteiger partial charge < -0.3 is 14.8 Å². The summed E-state index contributed by atoms with van der Waals surface area (Å²) in [5.74, 6) is -0.358. The molecule has 2 saturated carbocycles. The molecule has 1 N–H and O–H groups in total. The third kappa shape index (κ3) is 6.16. The van der Waals surface area contributed by atoms with Gasteiger partial charge >= 0.3 is 0 Å². The summed E-state index contributed by atoms with van der Waals surface area (Å²) in [6.45, 7) is 0.822. The summed E-state index contributed by atoms with van der Waals surface area (Å²) in [5.41, 5.74) is 3.20. The molecule has 5 rings (SSSR count). The van der Waals surface area contributed by atoms with Gasteiger partial charge in [0.25, 0.3) is 5.56 Å². The summed E-state index contributed by atoms with van der Waals surface area (Å²) in [6, 6.07) is 11.1. The standard InChI is InChI=1S/C17H20N4O.C10H11F2N/c1-20(13-6-4-3-5-7-13)15-10-16(22)21(2)14-9-8-12(11-18)19-17(14)15;11-8-3-9(12)5-10(4-8)13-6-7-1-2-7/h8-10,13H,3-7H2,1-2H3;3-5,7,13H,1-2,6H2. The highest BCUT2D eigenvalue weighted by atomic mass is 19.1. The van der Waals surface area contributed by atoms with Crippen molar-refractivity contribution in [1.82, 2.24) is 9.55 Å². The highest BCUT2D eigenvalue weighted by Crippen LogP contribution is 2.30. The minimum Gasteiger partial charge on any atom is -0.385 e. The lowest BCUT2D eigenvalue weighted by Crippen LogP contribution is -2.34. The average Bonchev–Trinajstić information content (AvgIpc) is 3.69. The van der Waals surface area contributed by atoms with E-state index in [0.717, 1.165) is 42.2 Å². The fourth-order valence-corrected chi connectivity index (χ4v) is 4.55. The topological polar surface area (TPSA) is 74.0 Å². The van der Waals surface area contributed by atoms with E-state index in [4.69, 9.17) is 5.26 Å². The van der Waals surface area contributed by atoms with Crippen LogP contribution in [0.1, 0.15) is 50.6 Å². The second kappa shape index (κ2) is 10.9. The van der Waals surface area contributed by atoms with Crippen molar-refractivity contribution in [3.63, 3.8) is 0 Å². The number of fused-ring (bicyclic) bond motifs is 1. The zero-order valence-electron chi connectivity index (χ0n) is 20.2. The van der Waals surface area contributed by atoms with Crippen LogP contribution in [-0.2, 0) is 7.05 Å². The van der Waals surface area contributed by atoms with Gasteiger partial charge in [0.05, 0.1) is 11.2 Å². The van der Waals surface area contributed by atoms with Gasteiger partial charge in [-0.15, -0.1) is 0 Å². The second-order valence-electron chi connectivity index (χ2n) is 9.49. The molecule has 8 heteroatoms. The van der Waals surface area contributed by atoms with Gasteiger partial charge in [-0.25, -0.2) is 13.8 Å². The van der Waals surface area contributed by atoms with Gasteiger partial charge in [-0.2, -0.15) is 5.26 Å². The number of pyridine rings is 2. The van der Waals surface area contributed by atoms with E-state index in [-0.39, 0.29) is 5.56 Å². The Kier molecular flexibility index (Phi) is 7.64. The fourth-order valence-electron chi connectivity index (χ4n) is 4.55. The molecule has 2 aliphatic rings. The predicted octanol–water partition coefficient (Wildman–Crippen LogP) is 5.36. The molecule has 2 heterocycles. The lowest BCUT2D eigenvalue weighted by Gasteiger charge is -2.33. The zero-order chi connectivity index (χ0) is 24.9. The Hall–Kier alpha value is -3.47. The number of hydrogen-bond acceptors (Lipinski definition) is 5. The highest BCUT2D eigenvalue weighted by molar-refractivity contribution is 5.88. The van der Waals surface area contributed by atoms with Crippen LogP contribution < -0.4 is 15.8 Å². The summed E-state index contributed by atoms with van der Waals surface area (Å²) >= 11 is 0. The number of benzene rings is 1. The third-order valence-corrected chi connectivity index (χ3v) is 6.84. The Morgan fingerprint density at radius 2 is 1.77 bits per heavy atom. The Balaban J connectivity index is 0.000000189. The number of nitrogens with zero attached hydrogens (tertiary/aromatic N) is 4. The number of anilines is 2. The molecule has 0 saturated heterocycles. The Morgan fingerprint density at radius 1 is 1.09 bits per heavy atom. The van der Waals surface area contributed by atoms with Gasteiger partial charge in [0.15, 0.2) is 0 Å². The van der Waals surface area contributed by atoms with Crippen LogP contribution in [0.2, 0.25) is 0 Å². The first kappa shape index (κ1) is 24.6. The lowest BCUT2D eigenvalue weighted by atomic mass is 9.94. The Morgan fingerprint density at radius 3 is 2.40 bits per heavy atom. The Labute approximate surface area is 204 Å². The number of rotatable bonds is 5. The zero-order valence-corrected chi connectivity index (χ0v) is 20.2. The largest absolute Gasteiger partial charge is 0.385 e. The van der Waals surface area contributed by atoms with Gasteiger partial charge in [0, 0.05) is 44.5 Å². The smallest absolute Gasteiger partial charge is 0.252 e. The van der Waals surface area contributed by atoms with Crippen molar-refractivity contribution < 1.29 is 8.78 Å². The molecule has 1 aromatic carbocycles. The molecule has 0 bridgehead atoms. The maximum Gasteiger partial charge on any atom is 0.252 e. The van der Waals surface area contributed by atoms with E-state index < -0.39 is 11.6 Å². The monoisotopic (exact) mass is 479 g/mol. The van der Waals surface area contributed by atoms with Crippen molar-refractivity contribution in [1.29, 1.82) is 5.26 Å². The van der Waals surface area contributed by atoms with Crippen LogP contribution >= 0.6 is 0 Å². The molecule has 3 aromatic rings. The number of hydrogen-bond donors (Lipinski definition) is 1. The van der Waals surface area contributed by atoms with Crippen LogP contribution in [0.5, 0.6) is 0 Å². The molecular weight excluding hydrogens is 448 g/mol. The first-order chi connectivity index (χ1) is 16.9. The predicted molar refractivity (Wildman–Crippen MR) is 135 cm³/mol. The fraction of sp³-hybridized carbons (Fsp3) is 0.444. The first-order valence-corrected chi connectivity index (χ1v) is 12.2.